The van der Waals surface area contributed by atoms with Crippen LogP contribution in [0.4, 0.5) is 0 Å². The maximum absolute atomic E-state index is 6.49. The van der Waals surface area contributed by atoms with Gasteiger partial charge in [0.05, 0.1) is 5.38 Å². The highest BCUT2D eigenvalue weighted by atomic mass is 35.5. The smallest absolute Gasteiger partial charge is 0.0585 e. The maximum atomic E-state index is 6.49. The van der Waals surface area contributed by atoms with Crippen LogP contribution in [0.15, 0.2) is 72.8 Å². The SMILES string of the molecule is ClC(CCCc1cccc2ccccc12)c1ccccc1. The first-order valence-corrected chi connectivity index (χ1v) is 7.94. The molecule has 0 amide bonds. The minimum Gasteiger partial charge on any atom is -0.118 e. The van der Waals surface area contributed by atoms with Crippen LogP contribution in [0.1, 0.15) is 29.3 Å². The Morgan fingerprint density at radius 2 is 1.48 bits per heavy atom. The molecule has 0 heterocycles. The first-order valence-electron chi connectivity index (χ1n) is 7.50. The predicted octanol–water partition coefficient (Wildman–Crippen LogP) is 6.14. The summed E-state index contributed by atoms with van der Waals surface area (Å²) >= 11 is 6.49. The highest BCUT2D eigenvalue weighted by Crippen LogP contribution is 2.27. The number of hydrogen-bond acceptors (Lipinski definition) is 0. The monoisotopic (exact) mass is 294 g/mol. The third kappa shape index (κ3) is 3.46. The van der Waals surface area contributed by atoms with Crippen molar-refractivity contribution < 1.29 is 0 Å². The molecule has 1 heteroatoms. The van der Waals surface area contributed by atoms with E-state index >= 15 is 0 Å². The Labute approximate surface area is 131 Å². The zero-order valence-corrected chi connectivity index (χ0v) is 12.8. The van der Waals surface area contributed by atoms with Gasteiger partial charge in [-0.3, -0.25) is 0 Å². The number of hydrogen-bond donors (Lipinski definition) is 0. The lowest BCUT2D eigenvalue weighted by Crippen LogP contribution is -1.93. The molecule has 1 atom stereocenters. The van der Waals surface area contributed by atoms with Gasteiger partial charge in [-0.25, -0.2) is 0 Å². The molecule has 0 saturated carbocycles. The summed E-state index contributed by atoms with van der Waals surface area (Å²) < 4.78 is 0. The highest BCUT2D eigenvalue weighted by molar-refractivity contribution is 6.20. The van der Waals surface area contributed by atoms with Crippen LogP contribution in [0, 0.1) is 0 Å². The lowest BCUT2D eigenvalue weighted by atomic mass is 9.98. The standard InChI is InChI=1S/C20H19Cl/c21-20(18-9-2-1-3-10-18)15-7-13-17-12-6-11-16-8-4-5-14-19(16)17/h1-6,8-12,14,20H,7,13,15H2. The van der Waals surface area contributed by atoms with E-state index in [1.54, 1.807) is 0 Å². The van der Waals surface area contributed by atoms with Gasteiger partial charge in [-0.05, 0) is 41.2 Å². The van der Waals surface area contributed by atoms with Crippen LogP contribution < -0.4 is 0 Å². The fourth-order valence-electron chi connectivity index (χ4n) is 2.81. The molecule has 0 spiro atoms. The van der Waals surface area contributed by atoms with Gasteiger partial charge in [0.15, 0.2) is 0 Å². The van der Waals surface area contributed by atoms with Gasteiger partial charge in [-0.2, -0.15) is 0 Å². The first kappa shape index (κ1) is 14.2. The third-order valence-electron chi connectivity index (χ3n) is 3.94. The van der Waals surface area contributed by atoms with E-state index in [0.717, 1.165) is 19.3 Å². The van der Waals surface area contributed by atoms with Crippen molar-refractivity contribution in [1.82, 2.24) is 0 Å². The lowest BCUT2D eigenvalue weighted by molar-refractivity contribution is 0.718. The quantitative estimate of drug-likeness (QED) is 0.496. The summed E-state index contributed by atoms with van der Waals surface area (Å²) in [6, 6.07) is 25.5. The summed E-state index contributed by atoms with van der Waals surface area (Å²) in [5.74, 6) is 0. The average Bonchev–Trinajstić information content (AvgIpc) is 2.56. The maximum Gasteiger partial charge on any atom is 0.0585 e. The van der Waals surface area contributed by atoms with Gasteiger partial charge in [0, 0.05) is 0 Å². The Bertz CT molecular complexity index is 698. The van der Waals surface area contributed by atoms with Gasteiger partial charge in [-0.15, -0.1) is 11.6 Å². The molecule has 3 aromatic carbocycles. The Kier molecular flexibility index (Phi) is 4.57. The number of aryl methyl sites for hydroxylation is 1. The number of halogens is 1. The minimum atomic E-state index is 0.112. The summed E-state index contributed by atoms with van der Waals surface area (Å²) in [5.41, 5.74) is 2.64. The van der Waals surface area contributed by atoms with Gasteiger partial charge < -0.3 is 0 Å². The lowest BCUT2D eigenvalue weighted by Gasteiger charge is -2.10. The fourth-order valence-corrected chi connectivity index (χ4v) is 3.11. The molecule has 1 unspecified atom stereocenters. The number of benzene rings is 3. The molecule has 0 radical (unpaired) electrons. The predicted molar refractivity (Wildman–Crippen MR) is 91.9 cm³/mol. The summed E-state index contributed by atoms with van der Waals surface area (Å²) in [6.45, 7) is 0. The number of rotatable bonds is 5. The van der Waals surface area contributed by atoms with E-state index in [1.165, 1.54) is 21.9 Å². The van der Waals surface area contributed by atoms with Crippen LogP contribution in [0.25, 0.3) is 10.8 Å². The molecular weight excluding hydrogens is 276 g/mol. The Balaban J connectivity index is 1.65. The average molecular weight is 295 g/mol. The Morgan fingerprint density at radius 3 is 2.33 bits per heavy atom. The Morgan fingerprint density at radius 1 is 0.762 bits per heavy atom. The van der Waals surface area contributed by atoms with Crippen molar-refractivity contribution >= 4 is 22.4 Å². The van der Waals surface area contributed by atoms with Gasteiger partial charge in [-0.1, -0.05) is 72.8 Å². The zero-order chi connectivity index (χ0) is 14.5. The van der Waals surface area contributed by atoms with E-state index in [4.69, 9.17) is 11.6 Å². The van der Waals surface area contributed by atoms with Crippen LogP contribution in [0.3, 0.4) is 0 Å². The molecule has 0 bridgehead atoms. The summed E-state index contributed by atoms with van der Waals surface area (Å²) in [5, 5.41) is 2.80. The van der Waals surface area contributed by atoms with Crippen molar-refractivity contribution in [3.63, 3.8) is 0 Å². The molecule has 0 aliphatic carbocycles. The molecule has 0 fully saturated rings. The summed E-state index contributed by atoms with van der Waals surface area (Å²) in [4.78, 5) is 0. The second-order valence-electron chi connectivity index (χ2n) is 5.41. The molecule has 106 valence electrons. The summed E-state index contributed by atoms with van der Waals surface area (Å²) in [6.07, 6.45) is 3.20. The van der Waals surface area contributed by atoms with Crippen molar-refractivity contribution in [1.29, 1.82) is 0 Å². The molecule has 0 N–H and O–H groups in total. The Hall–Kier alpha value is -1.79. The molecular formula is C20H19Cl. The first-order chi connectivity index (χ1) is 10.3. The van der Waals surface area contributed by atoms with Crippen molar-refractivity contribution in [3.05, 3.63) is 83.9 Å². The van der Waals surface area contributed by atoms with E-state index < -0.39 is 0 Å². The van der Waals surface area contributed by atoms with Gasteiger partial charge >= 0.3 is 0 Å². The third-order valence-corrected chi connectivity index (χ3v) is 4.42. The molecule has 0 aliphatic heterocycles. The normalized spacial score (nSPS) is 12.4. The topological polar surface area (TPSA) is 0 Å². The molecule has 3 aromatic rings. The largest absolute Gasteiger partial charge is 0.118 e. The summed E-state index contributed by atoms with van der Waals surface area (Å²) in [7, 11) is 0. The van der Waals surface area contributed by atoms with Crippen LogP contribution in [0.5, 0.6) is 0 Å². The van der Waals surface area contributed by atoms with Crippen LogP contribution in [0.2, 0.25) is 0 Å². The van der Waals surface area contributed by atoms with E-state index in [-0.39, 0.29) is 5.38 Å². The number of fused-ring (bicyclic) bond motifs is 1. The molecule has 0 saturated heterocycles. The van der Waals surface area contributed by atoms with Crippen LogP contribution in [-0.2, 0) is 6.42 Å². The van der Waals surface area contributed by atoms with Gasteiger partial charge in [0.2, 0.25) is 0 Å². The highest BCUT2D eigenvalue weighted by Gasteiger charge is 2.07. The zero-order valence-electron chi connectivity index (χ0n) is 12.0. The second kappa shape index (κ2) is 6.78. The van der Waals surface area contributed by atoms with Crippen molar-refractivity contribution in [2.24, 2.45) is 0 Å². The van der Waals surface area contributed by atoms with E-state index in [2.05, 4.69) is 66.7 Å². The van der Waals surface area contributed by atoms with Crippen molar-refractivity contribution in [2.45, 2.75) is 24.6 Å². The minimum absolute atomic E-state index is 0.112. The van der Waals surface area contributed by atoms with Gasteiger partial charge in [0.25, 0.3) is 0 Å². The number of alkyl halides is 1. The molecule has 0 nitrogen and oxygen atoms in total. The van der Waals surface area contributed by atoms with E-state index in [0.29, 0.717) is 0 Å². The van der Waals surface area contributed by atoms with Crippen LogP contribution >= 0.6 is 11.6 Å². The molecule has 21 heavy (non-hydrogen) atoms. The van der Waals surface area contributed by atoms with Crippen molar-refractivity contribution in [3.8, 4) is 0 Å². The van der Waals surface area contributed by atoms with E-state index in [1.807, 2.05) is 6.07 Å². The molecule has 3 rings (SSSR count). The second-order valence-corrected chi connectivity index (χ2v) is 5.94. The van der Waals surface area contributed by atoms with E-state index in [9.17, 15) is 0 Å². The van der Waals surface area contributed by atoms with Crippen LogP contribution in [-0.4, -0.2) is 0 Å². The molecule has 0 aromatic heterocycles. The fraction of sp³-hybridized carbons (Fsp3) is 0.200. The molecule has 0 aliphatic rings. The van der Waals surface area contributed by atoms with Gasteiger partial charge in [0.1, 0.15) is 0 Å². The van der Waals surface area contributed by atoms with Crippen molar-refractivity contribution in [2.75, 3.05) is 0 Å².